The Bertz CT molecular complexity index is 584. The van der Waals surface area contributed by atoms with Gasteiger partial charge in [-0.05, 0) is 44.4 Å². The van der Waals surface area contributed by atoms with Gasteiger partial charge in [0.1, 0.15) is 11.6 Å². The second-order valence-electron chi connectivity index (χ2n) is 7.85. The van der Waals surface area contributed by atoms with Crippen molar-refractivity contribution in [1.82, 2.24) is 15.5 Å². The summed E-state index contributed by atoms with van der Waals surface area (Å²) in [7, 11) is 0. The molecule has 1 aromatic rings. The fourth-order valence-corrected chi connectivity index (χ4v) is 4.28. The van der Waals surface area contributed by atoms with Crippen molar-refractivity contribution in [3.8, 4) is 0 Å². The molecule has 6 heteroatoms. The maximum Gasteiger partial charge on any atom is 0.249 e. The highest BCUT2D eigenvalue weighted by Crippen LogP contribution is 2.42. The van der Waals surface area contributed by atoms with Crippen molar-refractivity contribution in [2.75, 3.05) is 0 Å². The van der Waals surface area contributed by atoms with E-state index in [1.807, 2.05) is 0 Å². The third-order valence-electron chi connectivity index (χ3n) is 5.98. The summed E-state index contributed by atoms with van der Waals surface area (Å²) in [4.78, 5) is 17.3. The quantitative estimate of drug-likeness (QED) is 0.865. The molecule has 0 aliphatic heterocycles. The van der Waals surface area contributed by atoms with E-state index in [1.165, 1.54) is 6.42 Å². The van der Waals surface area contributed by atoms with E-state index in [2.05, 4.69) is 15.5 Å². The van der Waals surface area contributed by atoms with Crippen molar-refractivity contribution < 1.29 is 14.4 Å². The monoisotopic (exact) mass is 333 g/mol. The molecular formula is C18H27N3O3. The molecule has 4 rings (SSSR count). The van der Waals surface area contributed by atoms with E-state index >= 15 is 0 Å². The van der Waals surface area contributed by atoms with Crippen LogP contribution in [0.5, 0.6) is 0 Å². The second kappa shape index (κ2) is 6.47. The van der Waals surface area contributed by atoms with Gasteiger partial charge < -0.3 is 14.9 Å². The van der Waals surface area contributed by atoms with Gasteiger partial charge in [-0.1, -0.05) is 37.3 Å². The van der Waals surface area contributed by atoms with Crippen molar-refractivity contribution in [1.29, 1.82) is 0 Å². The van der Waals surface area contributed by atoms with E-state index < -0.39 is 11.6 Å². The van der Waals surface area contributed by atoms with Crippen molar-refractivity contribution >= 4 is 5.91 Å². The number of nitrogens with one attached hydrogen (secondary N) is 1. The predicted octanol–water partition coefficient (Wildman–Crippen LogP) is 2.77. The lowest BCUT2D eigenvalue weighted by atomic mass is 9.84. The van der Waals surface area contributed by atoms with Crippen molar-refractivity contribution in [3.05, 3.63) is 11.7 Å². The van der Waals surface area contributed by atoms with E-state index in [4.69, 9.17) is 4.52 Å². The standard InChI is InChI=1S/C18H27N3O3/c22-14(12-6-2-1-3-7-12)15(23)20-18(10-4-5-11-18)17-19-16(24-21-17)13-8-9-13/h12-14,22H,1-11H2,(H,20,23)/t14-/m0/s1. The summed E-state index contributed by atoms with van der Waals surface area (Å²) in [5.74, 6) is 1.55. The lowest BCUT2D eigenvalue weighted by Crippen LogP contribution is -2.50. The van der Waals surface area contributed by atoms with E-state index in [0.29, 0.717) is 17.6 Å². The normalized spacial score (nSPS) is 25.5. The van der Waals surface area contributed by atoms with Crippen LogP contribution in [0, 0.1) is 5.92 Å². The number of aliphatic hydroxyl groups is 1. The Morgan fingerprint density at radius 2 is 1.83 bits per heavy atom. The zero-order valence-corrected chi connectivity index (χ0v) is 14.2. The fourth-order valence-electron chi connectivity index (χ4n) is 4.28. The van der Waals surface area contributed by atoms with Gasteiger partial charge in [-0.2, -0.15) is 4.98 Å². The lowest BCUT2D eigenvalue weighted by molar-refractivity contribution is -0.135. The topological polar surface area (TPSA) is 88.3 Å². The molecule has 1 heterocycles. The summed E-state index contributed by atoms with van der Waals surface area (Å²) in [5, 5.41) is 17.8. The van der Waals surface area contributed by atoms with Gasteiger partial charge in [-0.3, -0.25) is 4.79 Å². The predicted molar refractivity (Wildman–Crippen MR) is 87.1 cm³/mol. The molecule has 0 bridgehead atoms. The second-order valence-corrected chi connectivity index (χ2v) is 7.85. The summed E-state index contributed by atoms with van der Waals surface area (Å²) in [6, 6.07) is 0. The summed E-state index contributed by atoms with van der Waals surface area (Å²) in [6.07, 6.45) is 10.3. The first-order valence-electron chi connectivity index (χ1n) is 9.52. The van der Waals surface area contributed by atoms with Crippen molar-refractivity contribution in [2.45, 2.75) is 88.2 Å². The Hall–Kier alpha value is -1.43. The van der Waals surface area contributed by atoms with E-state index in [-0.39, 0.29) is 11.8 Å². The molecule has 0 unspecified atom stereocenters. The van der Waals surface area contributed by atoms with E-state index in [9.17, 15) is 9.90 Å². The van der Waals surface area contributed by atoms with Gasteiger partial charge in [0.15, 0.2) is 5.82 Å². The van der Waals surface area contributed by atoms with Crippen LogP contribution in [-0.4, -0.2) is 27.3 Å². The van der Waals surface area contributed by atoms with Crippen molar-refractivity contribution in [3.63, 3.8) is 0 Å². The Morgan fingerprint density at radius 1 is 1.12 bits per heavy atom. The third-order valence-corrected chi connectivity index (χ3v) is 5.98. The molecule has 0 saturated heterocycles. The molecule has 3 aliphatic carbocycles. The molecule has 3 fully saturated rings. The Labute approximate surface area is 142 Å². The summed E-state index contributed by atoms with van der Waals surface area (Å²) < 4.78 is 5.41. The van der Waals surface area contributed by atoms with Crippen LogP contribution < -0.4 is 5.32 Å². The fraction of sp³-hybridized carbons (Fsp3) is 0.833. The average molecular weight is 333 g/mol. The molecule has 1 atom stereocenters. The maximum absolute atomic E-state index is 12.7. The van der Waals surface area contributed by atoms with Gasteiger partial charge in [-0.15, -0.1) is 0 Å². The minimum atomic E-state index is -0.919. The largest absolute Gasteiger partial charge is 0.383 e. The number of aliphatic hydroxyl groups excluding tert-OH is 1. The van der Waals surface area contributed by atoms with Crippen LogP contribution in [0.2, 0.25) is 0 Å². The number of carbonyl (C=O) groups excluding carboxylic acids is 1. The van der Waals surface area contributed by atoms with Crippen molar-refractivity contribution in [2.24, 2.45) is 5.92 Å². The van der Waals surface area contributed by atoms with Gasteiger partial charge in [0, 0.05) is 5.92 Å². The molecule has 24 heavy (non-hydrogen) atoms. The Balaban J connectivity index is 1.48. The first kappa shape index (κ1) is 16.1. The van der Waals surface area contributed by atoms with Crippen LogP contribution in [0.25, 0.3) is 0 Å². The number of hydrogen-bond acceptors (Lipinski definition) is 5. The molecule has 1 aromatic heterocycles. The minimum Gasteiger partial charge on any atom is -0.383 e. The Morgan fingerprint density at radius 3 is 2.50 bits per heavy atom. The minimum absolute atomic E-state index is 0.0875. The first-order chi connectivity index (χ1) is 11.7. The summed E-state index contributed by atoms with van der Waals surface area (Å²) >= 11 is 0. The van der Waals surface area contributed by atoms with Crippen LogP contribution in [0.4, 0.5) is 0 Å². The maximum atomic E-state index is 12.7. The zero-order valence-electron chi connectivity index (χ0n) is 14.2. The molecule has 1 amide bonds. The number of carbonyl (C=O) groups is 1. The SMILES string of the molecule is O=C(NC1(c2noc(C3CC3)n2)CCCC1)[C@@H](O)C1CCCCC1. The molecule has 0 spiro atoms. The molecular weight excluding hydrogens is 306 g/mol. The van der Waals surface area contributed by atoms with Crippen LogP contribution in [-0.2, 0) is 10.3 Å². The van der Waals surface area contributed by atoms with Crippen LogP contribution in [0.15, 0.2) is 4.52 Å². The van der Waals surface area contributed by atoms with Crippen LogP contribution in [0.3, 0.4) is 0 Å². The molecule has 0 radical (unpaired) electrons. The smallest absolute Gasteiger partial charge is 0.249 e. The van der Waals surface area contributed by atoms with Gasteiger partial charge >= 0.3 is 0 Å². The number of aromatic nitrogens is 2. The van der Waals surface area contributed by atoms with E-state index in [1.54, 1.807) is 0 Å². The van der Waals surface area contributed by atoms with Gasteiger partial charge in [0.05, 0.1) is 0 Å². The zero-order chi connectivity index (χ0) is 16.6. The molecule has 6 nitrogen and oxygen atoms in total. The highest BCUT2D eigenvalue weighted by molar-refractivity contribution is 5.81. The van der Waals surface area contributed by atoms with Crippen LogP contribution in [0.1, 0.15) is 88.3 Å². The highest BCUT2D eigenvalue weighted by atomic mass is 16.5. The summed E-state index contributed by atoms with van der Waals surface area (Å²) in [5.41, 5.74) is -0.552. The number of rotatable bonds is 5. The van der Waals surface area contributed by atoms with Gasteiger partial charge in [-0.25, -0.2) is 0 Å². The summed E-state index contributed by atoms with van der Waals surface area (Å²) in [6.45, 7) is 0. The first-order valence-corrected chi connectivity index (χ1v) is 9.52. The van der Waals surface area contributed by atoms with Gasteiger partial charge in [0.25, 0.3) is 0 Å². The molecule has 132 valence electrons. The Kier molecular flexibility index (Phi) is 4.33. The number of nitrogens with zero attached hydrogens (tertiary/aromatic N) is 2. The third kappa shape index (κ3) is 3.08. The van der Waals surface area contributed by atoms with E-state index in [0.717, 1.165) is 64.2 Å². The number of hydrogen-bond donors (Lipinski definition) is 2. The average Bonchev–Trinajstić information content (AvgIpc) is 3.15. The van der Waals surface area contributed by atoms with Crippen LogP contribution >= 0.6 is 0 Å². The van der Waals surface area contributed by atoms with Gasteiger partial charge in [0.2, 0.25) is 11.8 Å². The molecule has 3 aliphatic rings. The lowest BCUT2D eigenvalue weighted by Gasteiger charge is -2.31. The molecule has 0 aromatic carbocycles. The molecule has 3 saturated carbocycles. The highest BCUT2D eigenvalue weighted by Gasteiger charge is 2.44. The number of amides is 1. The molecule has 2 N–H and O–H groups in total.